The van der Waals surface area contributed by atoms with Gasteiger partial charge in [0.05, 0.1) is 34.6 Å². The Bertz CT molecular complexity index is 1730. The number of aliphatic hydroxyl groups is 1. The van der Waals surface area contributed by atoms with Gasteiger partial charge in [0.2, 0.25) is 5.88 Å². The van der Waals surface area contributed by atoms with Crippen molar-refractivity contribution >= 4 is 34.8 Å². The van der Waals surface area contributed by atoms with Crippen molar-refractivity contribution in [1.82, 2.24) is 24.4 Å². The highest BCUT2D eigenvalue weighted by Crippen LogP contribution is 2.40. The highest BCUT2D eigenvalue weighted by atomic mass is 35.5. The van der Waals surface area contributed by atoms with Crippen molar-refractivity contribution in [3.05, 3.63) is 90.9 Å². The Morgan fingerprint density at radius 1 is 1.07 bits per heavy atom. The van der Waals surface area contributed by atoms with Gasteiger partial charge in [-0.15, -0.1) is 0 Å². The number of ether oxygens (including phenoxy) is 1. The molecule has 1 aromatic carbocycles. The number of aromatic nitrogens is 4. The average molecular weight is 599 g/mol. The quantitative estimate of drug-likeness (QED) is 0.267. The van der Waals surface area contributed by atoms with Gasteiger partial charge in [0, 0.05) is 68.0 Å². The van der Waals surface area contributed by atoms with Gasteiger partial charge in [-0.3, -0.25) is 19.1 Å². The van der Waals surface area contributed by atoms with Crippen LogP contribution in [0.5, 0.6) is 5.88 Å². The van der Waals surface area contributed by atoms with Crippen LogP contribution in [0.1, 0.15) is 22.8 Å². The van der Waals surface area contributed by atoms with Gasteiger partial charge < -0.3 is 25.0 Å². The number of benzene rings is 1. The molecule has 4 aromatic rings. The number of hydrogen-bond donors (Lipinski definition) is 3. The van der Waals surface area contributed by atoms with Gasteiger partial charge in [-0.2, -0.15) is 0 Å². The third-order valence-electron chi connectivity index (χ3n) is 6.27. The normalized spacial score (nSPS) is 11.8. The van der Waals surface area contributed by atoms with Crippen molar-refractivity contribution in [1.29, 1.82) is 0 Å². The fraction of sp³-hybridized carbons (Fsp3) is 0.250. The number of amides is 1. The number of nitrogens with one attached hydrogen (secondary N) is 2. The lowest BCUT2D eigenvalue weighted by atomic mass is 10.0. The summed E-state index contributed by atoms with van der Waals surface area (Å²) in [6, 6.07) is 8.63. The summed E-state index contributed by atoms with van der Waals surface area (Å²) < 4.78 is 7.48. The summed E-state index contributed by atoms with van der Waals surface area (Å²) in [5, 5.41) is 15.8. The second kappa shape index (κ2) is 12.6. The summed E-state index contributed by atoms with van der Waals surface area (Å²) in [6.45, 7) is 2.57. The maximum Gasteiger partial charge on any atom is 0.330 e. The number of carbonyl (C=O) groups is 1. The number of hydrogen-bond acceptors (Lipinski definition) is 8. The first-order chi connectivity index (χ1) is 19.5. The van der Waals surface area contributed by atoms with Gasteiger partial charge in [0.15, 0.2) is 0 Å². The van der Waals surface area contributed by atoms with Crippen molar-refractivity contribution in [2.24, 2.45) is 14.1 Å². The van der Waals surface area contributed by atoms with E-state index in [1.807, 2.05) is 6.07 Å². The van der Waals surface area contributed by atoms with Gasteiger partial charge in [-0.05, 0) is 19.1 Å². The lowest BCUT2D eigenvalue weighted by Gasteiger charge is -2.15. The molecular weight excluding hydrogens is 571 g/mol. The third-order valence-corrected chi connectivity index (χ3v) is 7.09. The zero-order valence-corrected chi connectivity index (χ0v) is 24.2. The number of anilines is 1. The highest BCUT2D eigenvalue weighted by Gasteiger charge is 2.20. The van der Waals surface area contributed by atoms with E-state index in [1.165, 1.54) is 27.4 Å². The van der Waals surface area contributed by atoms with Crippen LogP contribution in [-0.2, 0) is 20.6 Å². The average Bonchev–Trinajstić information content (AvgIpc) is 2.95. The minimum atomic E-state index is -0.731. The first-order valence-corrected chi connectivity index (χ1v) is 13.2. The molecule has 1 atom stereocenters. The molecule has 3 aromatic heterocycles. The second-order valence-electron chi connectivity index (χ2n) is 9.32. The van der Waals surface area contributed by atoms with E-state index in [0.717, 1.165) is 14.7 Å². The number of halogens is 2. The van der Waals surface area contributed by atoms with E-state index < -0.39 is 23.3 Å². The zero-order chi connectivity index (χ0) is 29.8. The Morgan fingerprint density at radius 2 is 1.80 bits per heavy atom. The van der Waals surface area contributed by atoms with Crippen LogP contribution < -0.4 is 26.6 Å². The Hall–Kier alpha value is -4.03. The molecular formula is C28H28Cl2N6O5. The van der Waals surface area contributed by atoms with Crippen LogP contribution in [0, 0.1) is 0 Å². The van der Waals surface area contributed by atoms with Crippen molar-refractivity contribution < 1.29 is 14.6 Å². The molecule has 4 rings (SSSR count). The first-order valence-electron chi connectivity index (χ1n) is 12.5. The van der Waals surface area contributed by atoms with Gasteiger partial charge in [0.25, 0.3) is 11.5 Å². The fourth-order valence-corrected chi connectivity index (χ4v) is 4.72. The van der Waals surface area contributed by atoms with E-state index in [-0.39, 0.29) is 16.3 Å². The highest BCUT2D eigenvalue weighted by molar-refractivity contribution is 6.39. The van der Waals surface area contributed by atoms with Crippen LogP contribution in [0.3, 0.4) is 0 Å². The second-order valence-corrected chi connectivity index (χ2v) is 10.1. The van der Waals surface area contributed by atoms with Crippen LogP contribution in [0.15, 0.2) is 58.5 Å². The van der Waals surface area contributed by atoms with Crippen LogP contribution in [0.25, 0.3) is 22.4 Å². The van der Waals surface area contributed by atoms with Crippen LogP contribution in [-0.4, -0.2) is 49.9 Å². The summed E-state index contributed by atoms with van der Waals surface area (Å²) in [6.07, 6.45) is 3.82. The Labute approximate surface area is 245 Å². The molecule has 0 radical (unpaired) electrons. The minimum absolute atomic E-state index is 0.174. The Balaban J connectivity index is 1.67. The van der Waals surface area contributed by atoms with E-state index in [2.05, 4.69) is 20.6 Å². The fourth-order valence-electron chi connectivity index (χ4n) is 4.15. The number of rotatable bonds is 9. The molecule has 1 amide bonds. The van der Waals surface area contributed by atoms with Crippen LogP contribution in [0.2, 0.25) is 10.0 Å². The number of methoxy groups -OCH3 is 1. The number of carbonyl (C=O) groups excluding carboxylic acids is 1. The molecule has 0 saturated heterocycles. The first kappa shape index (κ1) is 29.9. The molecule has 214 valence electrons. The summed E-state index contributed by atoms with van der Waals surface area (Å²) in [7, 11) is 4.26. The predicted octanol–water partition coefficient (Wildman–Crippen LogP) is 3.25. The molecule has 0 saturated carbocycles. The summed E-state index contributed by atoms with van der Waals surface area (Å²) >= 11 is 13.6. The molecule has 11 nitrogen and oxygen atoms in total. The number of aryl methyl sites for hydroxylation is 1. The summed E-state index contributed by atoms with van der Waals surface area (Å²) in [5.74, 6) is -0.327. The monoisotopic (exact) mass is 598 g/mol. The molecule has 3 heterocycles. The van der Waals surface area contributed by atoms with Gasteiger partial charge in [-0.25, -0.2) is 9.78 Å². The molecule has 0 fully saturated rings. The number of aliphatic hydroxyl groups excluding tert-OH is 1. The predicted molar refractivity (Wildman–Crippen MR) is 158 cm³/mol. The van der Waals surface area contributed by atoms with Crippen molar-refractivity contribution in [2.45, 2.75) is 19.6 Å². The molecule has 0 aliphatic heterocycles. The van der Waals surface area contributed by atoms with E-state index in [0.29, 0.717) is 46.4 Å². The molecule has 0 spiro atoms. The zero-order valence-electron chi connectivity index (χ0n) is 22.7. The molecule has 3 N–H and O–H groups in total. The SMILES string of the molecule is COc1nc(-c2cncc(-c3cccc(NC(=O)c4cn(C)c(=O)n(C)c4=O)c3Cl)c2Cl)ccc1CNC[C@H](C)O. The molecule has 41 heavy (non-hydrogen) atoms. The molecule has 0 aliphatic rings. The standard InChI is InChI=1S/C28H28Cl2N6O5/c1-15(37)10-31-11-16-8-9-21(34-26(16)41-4)19-13-32-12-18(23(19)29)17-6-5-7-22(24(17)30)33-25(38)20-14-35(2)28(40)36(3)27(20)39/h5-9,12-15,31,37H,10-11H2,1-4H3,(H,33,38)/t15-/m0/s1. The molecule has 13 heteroatoms. The van der Waals surface area contributed by atoms with Crippen molar-refractivity contribution in [3.8, 4) is 28.3 Å². The van der Waals surface area contributed by atoms with E-state index in [9.17, 15) is 19.5 Å². The molecule has 0 bridgehead atoms. The summed E-state index contributed by atoms with van der Waals surface area (Å²) in [5.41, 5.74) is 1.57. The largest absolute Gasteiger partial charge is 0.481 e. The summed E-state index contributed by atoms with van der Waals surface area (Å²) in [4.78, 5) is 46.4. The Kier molecular flexibility index (Phi) is 9.24. The Morgan fingerprint density at radius 3 is 2.51 bits per heavy atom. The smallest absolute Gasteiger partial charge is 0.330 e. The van der Waals surface area contributed by atoms with E-state index in [4.69, 9.17) is 27.9 Å². The van der Waals surface area contributed by atoms with Crippen LogP contribution >= 0.6 is 23.2 Å². The maximum atomic E-state index is 13.0. The van der Waals surface area contributed by atoms with E-state index in [1.54, 1.807) is 43.6 Å². The third kappa shape index (κ3) is 6.33. The van der Waals surface area contributed by atoms with Crippen LogP contribution in [0.4, 0.5) is 5.69 Å². The maximum absolute atomic E-state index is 13.0. The van der Waals surface area contributed by atoms with Gasteiger partial charge in [0.1, 0.15) is 5.56 Å². The van der Waals surface area contributed by atoms with Crippen molar-refractivity contribution in [3.63, 3.8) is 0 Å². The molecule has 0 aliphatic carbocycles. The van der Waals surface area contributed by atoms with E-state index >= 15 is 0 Å². The lowest BCUT2D eigenvalue weighted by Crippen LogP contribution is -2.40. The number of nitrogens with zero attached hydrogens (tertiary/aromatic N) is 4. The van der Waals surface area contributed by atoms with Crippen molar-refractivity contribution in [2.75, 3.05) is 19.0 Å². The lowest BCUT2D eigenvalue weighted by molar-refractivity contribution is 0.102. The van der Waals surface area contributed by atoms with Gasteiger partial charge in [-0.1, -0.05) is 41.4 Å². The molecule has 0 unspecified atom stereocenters. The minimum Gasteiger partial charge on any atom is -0.481 e. The van der Waals surface area contributed by atoms with Gasteiger partial charge >= 0.3 is 5.69 Å². The topological polar surface area (TPSA) is 140 Å². The number of pyridine rings is 2.